The molecule has 1 amide bonds. The van der Waals surface area contributed by atoms with Crippen molar-refractivity contribution in [2.24, 2.45) is 0 Å². The molecule has 3 rings (SSSR count). The average Bonchev–Trinajstić information content (AvgIpc) is 3.04. The van der Waals surface area contributed by atoms with Crippen LogP contribution in [0.2, 0.25) is 5.02 Å². The van der Waals surface area contributed by atoms with Gasteiger partial charge >= 0.3 is 0 Å². The summed E-state index contributed by atoms with van der Waals surface area (Å²) in [6.45, 7) is 0.819. The van der Waals surface area contributed by atoms with E-state index in [9.17, 15) is 4.79 Å². The normalized spacial score (nSPS) is 23.1. The van der Waals surface area contributed by atoms with Crippen LogP contribution in [0.1, 0.15) is 37.7 Å². The third-order valence-corrected chi connectivity index (χ3v) is 6.35. The molecular formula is C18H25ClN2OS. The Kier molecular flexibility index (Phi) is 5.89. The lowest BCUT2D eigenvalue weighted by atomic mass is 9.94. The van der Waals surface area contributed by atoms with E-state index in [0.29, 0.717) is 11.9 Å². The SMILES string of the molecule is CN(C(=O)[C@@H]1CSCN1Cc1ccc(Cl)cc1)C1CCCCC1. The van der Waals surface area contributed by atoms with E-state index in [1.807, 2.05) is 35.8 Å². The number of nitrogens with zero attached hydrogens (tertiary/aromatic N) is 2. The first-order chi connectivity index (χ1) is 11.1. The lowest BCUT2D eigenvalue weighted by Gasteiger charge is -2.34. The molecule has 23 heavy (non-hydrogen) atoms. The molecule has 0 radical (unpaired) electrons. The quantitative estimate of drug-likeness (QED) is 0.818. The molecule has 1 saturated carbocycles. The summed E-state index contributed by atoms with van der Waals surface area (Å²) in [5, 5.41) is 0.759. The minimum absolute atomic E-state index is 0.0163. The second kappa shape index (κ2) is 7.91. The fourth-order valence-electron chi connectivity index (χ4n) is 3.57. The molecule has 126 valence electrons. The molecule has 1 atom stereocenters. The lowest BCUT2D eigenvalue weighted by Crippen LogP contribution is -2.49. The summed E-state index contributed by atoms with van der Waals surface area (Å²) >= 11 is 7.81. The van der Waals surface area contributed by atoms with Gasteiger partial charge in [-0.15, -0.1) is 11.8 Å². The Labute approximate surface area is 148 Å². The van der Waals surface area contributed by atoms with Gasteiger partial charge in [0, 0.05) is 36.3 Å². The molecule has 0 N–H and O–H groups in total. The van der Waals surface area contributed by atoms with E-state index in [0.717, 1.165) is 23.2 Å². The van der Waals surface area contributed by atoms with Gasteiger partial charge in [-0.05, 0) is 30.5 Å². The van der Waals surface area contributed by atoms with Crippen molar-refractivity contribution in [1.82, 2.24) is 9.80 Å². The zero-order chi connectivity index (χ0) is 16.2. The smallest absolute Gasteiger partial charge is 0.240 e. The molecule has 0 unspecified atom stereocenters. The summed E-state index contributed by atoms with van der Waals surface area (Å²) in [6, 6.07) is 8.41. The van der Waals surface area contributed by atoms with Crippen LogP contribution in [0.25, 0.3) is 0 Å². The van der Waals surface area contributed by atoms with Gasteiger partial charge in [0.05, 0.1) is 6.04 Å². The van der Waals surface area contributed by atoms with Crippen molar-refractivity contribution in [2.75, 3.05) is 18.7 Å². The van der Waals surface area contributed by atoms with Gasteiger partial charge < -0.3 is 4.90 Å². The van der Waals surface area contributed by atoms with E-state index in [-0.39, 0.29) is 6.04 Å². The molecule has 1 aliphatic heterocycles. The highest BCUT2D eigenvalue weighted by molar-refractivity contribution is 7.99. The predicted molar refractivity (Wildman–Crippen MR) is 97.8 cm³/mol. The predicted octanol–water partition coefficient (Wildman–Crippen LogP) is 4.01. The second-order valence-electron chi connectivity index (χ2n) is 6.63. The van der Waals surface area contributed by atoms with E-state index in [2.05, 4.69) is 17.0 Å². The zero-order valence-corrected chi connectivity index (χ0v) is 15.3. The number of carbonyl (C=O) groups is 1. The Morgan fingerprint density at radius 1 is 1.26 bits per heavy atom. The summed E-state index contributed by atoms with van der Waals surface area (Å²) in [5.41, 5.74) is 1.22. The Bertz CT molecular complexity index is 530. The molecule has 2 aliphatic rings. The monoisotopic (exact) mass is 352 g/mol. The van der Waals surface area contributed by atoms with Gasteiger partial charge in [-0.25, -0.2) is 0 Å². The minimum Gasteiger partial charge on any atom is -0.341 e. The van der Waals surface area contributed by atoms with Crippen LogP contribution < -0.4 is 0 Å². The zero-order valence-electron chi connectivity index (χ0n) is 13.7. The molecule has 5 heteroatoms. The molecule has 1 saturated heterocycles. The van der Waals surface area contributed by atoms with Crippen molar-refractivity contribution in [1.29, 1.82) is 0 Å². The number of hydrogen-bond acceptors (Lipinski definition) is 3. The highest BCUT2D eigenvalue weighted by Gasteiger charge is 2.35. The van der Waals surface area contributed by atoms with Crippen molar-refractivity contribution < 1.29 is 4.79 Å². The maximum Gasteiger partial charge on any atom is 0.240 e. The average molecular weight is 353 g/mol. The number of benzene rings is 1. The topological polar surface area (TPSA) is 23.6 Å². The van der Waals surface area contributed by atoms with Crippen LogP contribution in [0.4, 0.5) is 0 Å². The van der Waals surface area contributed by atoms with Crippen molar-refractivity contribution in [2.45, 2.75) is 50.7 Å². The first kappa shape index (κ1) is 17.1. The summed E-state index contributed by atoms with van der Waals surface area (Å²) in [5.74, 6) is 2.14. The molecule has 0 bridgehead atoms. The van der Waals surface area contributed by atoms with Crippen molar-refractivity contribution in [3.05, 3.63) is 34.9 Å². The maximum absolute atomic E-state index is 12.9. The highest BCUT2D eigenvalue weighted by atomic mass is 35.5. The fourth-order valence-corrected chi connectivity index (χ4v) is 4.88. The maximum atomic E-state index is 12.9. The van der Waals surface area contributed by atoms with Crippen molar-refractivity contribution in [3.63, 3.8) is 0 Å². The molecule has 2 fully saturated rings. The fraction of sp³-hybridized carbons (Fsp3) is 0.611. The first-order valence-corrected chi connectivity index (χ1v) is 10.0. The van der Waals surface area contributed by atoms with Gasteiger partial charge in [0.2, 0.25) is 5.91 Å². The Morgan fingerprint density at radius 3 is 2.65 bits per heavy atom. The van der Waals surface area contributed by atoms with Crippen LogP contribution in [0.5, 0.6) is 0 Å². The van der Waals surface area contributed by atoms with E-state index in [1.165, 1.54) is 37.7 Å². The highest BCUT2D eigenvalue weighted by Crippen LogP contribution is 2.27. The number of amides is 1. The second-order valence-corrected chi connectivity index (χ2v) is 8.07. The molecule has 0 aromatic heterocycles. The Hall–Kier alpha value is -0.710. The number of likely N-dealkylation sites (N-methyl/N-ethyl adjacent to an activating group) is 1. The lowest BCUT2D eigenvalue weighted by molar-refractivity contribution is -0.137. The van der Waals surface area contributed by atoms with E-state index >= 15 is 0 Å². The van der Waals surface area contributed by atoms with E-state index < -0.39 is 0 Å². The van der Waals surface area contributed by atoms with Crippen molar-refractivity contribution >= 4 is 29.3 Å². The number of thioether (sulfide) groups is 1. The Balaban J connectivity index is 1.63. The molecule has 3 nitrogen and oxygen atoms in total. The standard InChI is InChI=1S/C18H25ClN2OS/c1-20(16-5-3-2-4-6-16)18(22)17-12-23-13-21(17)11-14-7-9-15(19)10-8-14/h7-10,16-17H,2-6,11-13H2,1H3/t17-/m0/s1. The largest absolute Gasteiger partial charge is 0.341 e. The van der Waals surface area contributed by atoms with E-state index in [1.54, 1.807) is 0 Å². The first-order valence-electron chi connectivity index (χ1n) is 8.48. The van der Waals surface area contributed by atoms with Crippen molar-refractivity contribution in [3.8, 4) is 0 Å². The molecule has 0 spiro atoms. The third kappa shape index (κ3) is 4.23. The summed E-state index contributed by atoms with van der Waals surface area (Å²) < 4.78 is 0. The molecular weight excluding hydrogens is 328 g/mol. The summed E-state index contributed by atoms with van der Waals surface area (Å²) in [6.07, 6.45) is 6.17. The third-order valence-electron chi connectivity index (χ3n) is 5.03. The van der Waals surface area contributed by atoms with E-state index in [4.69, 9.17) is 11.6 Å². The van der Waals surface area contributed by atoms with Gasteiger partial charge in [-0.2, -0.15) is 0 Å². The van der Waals surface area contributed by atoms with Gasteiger partial charge in [-0.1, -0.05) is 43.0 Å². The minimum atomic E-state index is 0.0163. The molecule has 1 aromatic carbocycles. The number of rotatable bonds is 4. The van der Waals surface area contributed by atoms with Crippen LogP contribution in [0, 0.1) is 0 Å². The molecule has 1 heterocycles. The van der Waals surface area contributed by atoms with Gasteiger partial charge in [0.25, 0.3) is 0 Å². The number of hydrogen-bond donors (Lipinski definition) is 0. The van der Waals surface area contributed by atoms with Crippen LogP contribution in [0.3, 0.4) is 0 Å². The van der Waals surface area contributed by atoms with Crippen LogP contribution in [0.15, 0.2) is 24.3 Å². The molecule has 1 aliphatic carbocycles. The van der Waals surface area contributed by atoms with Gasteiger partial charge in [0.15, 0.2) is 0 Å². The summed E-state index contributed by atoms with van der Waals surface area (Å²) in [4.78, 5) is 17.3. The number of halogens is 1. The van der Waals surface area contributed by atoms with Crippen LogP contribution in [-0.2, 0) is 11.3 Å². The van der Waals surface area contributed by atoms with Gasteiger partial charge in [0.1, 0.15) is 0 Å². The number of carbonyl (C=O) groups excluding carboxylic acids is 1. The van der Waals surface area contributed by atoms with Crippen LogP contribution >= 0.6 is 23.4 Å². The van der Waals surface area contributed by atoms with Gasteiger partial charge in [-0.3, -0.25) is 9.69 Å². The Morgan fingerprint density at radius 2 is 1.96 bits per heavy atom. The molecule has 1 aromatic rings. The summed E-state index contributed by atoms with van der Waals surface area (Å²) in [7, 11) is 2.00. The van der Waals surface area contributed by atoms with Crippen LogP contribution in [-0.4, -0.2) is 46.5 Å².